The summed E-state index contributed by atoms with van der Waals surface area (Å²) in [5, 5.41) is 15.8. The van der Waals surface area contributed by atoms with Crippen molar-refractivity contribution in [3.8, 4) is 5.75 Å². The van der Waals surface area contributed by atoms with Crippen molar-refractivity contribution in [3.63, 3.8) is 0 Å². The second-order valence-electron chi connectivity index (χ2n) is 7.34. The number of ketones is 1. The van der Waals surface area contributed by atoms with Crippen LogP contribution in [0.15, 0.2) is 18.2 Å². The summed E-state index contributed by atoms with van der Waals surface area (Å²) in [6, 6.07) is 5.89. The predicted octanol–water partition coefficient (Wildman–Crippen LogP) is 2.86. The summed E-state index contributed by atoms with van der Waals surface area (Å²) in [6.45, 7) is 5.99. The van der Waals surface area contributed by atoms with Crippen LogP contribution in [0.4, 0.5) is 0 Å². The van der Waals surface area contributed by atoms with Gasteiger partial charge in [0.25, 0.3) is 0 Å². The predicted molar refractivity (Wildman–Crippen MR) is 104 cm³/mol. The third kappa shape index (κ3) is 6.96. The van der Waals surface area contributed by atoms with Crippen molar-refractivity contribution in [2.45, 2.75) is 45.4 Å². The monoisotopic (exact) mass is 391 g/mol. The molecule has 0 saturated carbocycles. The quantitative estimate of drug-likeness (QED) is 0.689. The number of likely N-dealkylation sites (tertiary alicyclic amines) is 1. The molecule has 28 heavy (non-hydrogen) atoms. The molecule has 1 saturated heterocycles. The van der Waals surface area contributed by atoms with E-state index in [0.717, 1.165) is 44.0 Å². The van der Waals surface area contributed by atoms with Crippen molar-refractivity contribution >= 4 is 17.7 Å². The van der Waals surface area contributed by atoms with Crippen LogP contribution in [0.1, 0.15) is 54.9 Å². The summed E-state index contributed by atoms with van der Waals surface area (Å²) >= 11 is 0. The Morgan fingerprint density at radius 2 is 1.71 bits per heavy atom. The minimum Gasteiger partial charge on any atom is -0.493 e. The molecule has 0 amide bonds. The smallest absolute Gasteiger partial charge is 0.303 e. The number of carboxylic acids is 2. The van der Waals surface area contributed by atoms with E-state index in [1.165, 1.54) is 24.8 Å². The Labute approximate surface area is 165 Å². The highest BCUT2D eigenvalue weighted by Gasteiger charge is 2.21. The summed E-state index contributed by atoms with van der Waals surface area (Å²) in [5.74, 6) is -0.858. The maximum absolute atomic E-state index is 12.6. The topological polar surface area (TPSA) is 104 Å². The van der Waals surface area contributed by atoms with Gasteiger partial charge in [0.05, 0.1) is 19.4 Å². The molecule has 2 aliphatic heterocycles. The number of carboxylic acid groups (broad SMARTS) is 2. The van der Waals surface area contributed by atoms with Gasteiger partial charge in [-0.05, 0) is 49.7 Å². The fourth-order valence-electron chi connectivity index (χ4n) is 3.45. The molecule has 7 heteroatoms. The Morgan fingerprint density at radius 1 is 1.07 bits per heavy atom. The van der Waals surface area contributed by atoms with Gasteiger partial charge in [-0.2, -0.15) is 0 Å². The molecule has 0 radical (unpaired) electrons. The van der Waals surface area contributed by atoms with Crippen LogP contribution in [-0.2, 0) is 16.0 Å². The van der Waals surface area contributed by atoms with Gasteiger partial charge in [0.2, 0.25) is 0 Å². The molecular weight excluding hydrogens is 362 g/mol. The number of Topliss-reactive ketones (excluding diaryl/α,β-unsaturated/α-hetero) is 1. The number of rotatable bonds is 7. The van der Waals surface area contributed by atoms with Crippen LogP contribution in [0.25, 0.3) is 0 Å². The molecule has 2 N–H and O–H groups in total. The molecule has 154 valence electrons. The summed E-state index contributed by atoms with van der Waals surface area (Å²) in [4.78, 5) is 34.3. The number of piperidine rings is 1. The van der Waals surface area contributed by atoms with Gasteiger partial charge in [0.15, 0.2) is 5.78 Å². The third-order valence-corrected chi connectivity index (χ3v) is 4.96. The van der Waals surface area contributed by atoms with Gasteiger partial charge in [0.1, 0.15) is 5.75 Å². The number of hydrogen-bond acceptors (Lipinski definition) is 5. The molecule has 0 spiro atoms. The molecule has 1 fully saturated rings. The fraction of sp³-hybridized carbons (Fsp3) is 0.571. The van der Waals surface area contributed by atoms with E-state index < -0.39 is 11.9 Å². The molecular formula is C21H29NO6. The average Bonchev–Trinajstić information content (AvgIpc) is 3.15. The number of nitrogens with zero attached hydrogens (tertiary/aromatic N) is 1. The highest BCUT2D eigenvalue weighted by molar-refractivity contribution is 5.98. The van der Waals surface area contributed by atoms with Gasteiger partial charge < -0.3 is 19.8 Å². The van der Waals surface area contributed by atoms with Gasteiger partial charge in [-0.3, -0.25) is 14.4 Å². The summed E-state index contributed by atoms with van der Waals surface area (Å²) in [7, 11) is 0. The zero-order chi connectivity index (χ0) is 20.5. The first-order valence-electron chi connectivity index (χ1n) is 9.82. The van der Waals surface area contributed by atoms with Crippen molar-refractivity contribution in [2.75, 3.05) is 26.2 Å². The highest BCUT2D eigenvalue weighted by atomic mass is 16.5. The zero-order valence-corrected chi connectivity index (χ0v) is 16.4. The largest absolute Gasteiger partial charge is 0.493 e. The van der Waals surface area contributed by atoms with Gasteiger partial charge in [-0.25, -0.2) is 0 Å². The molecule has 0 aliphatic carbocycles. The minimum absolute atomic E-state index is 0.0773. The van der Waals surface area contributed by atoms with E-state index in [2.05, 4.69) is 11.8 Å². The van der Waals surface area contributed by atoms with E-state index in [1.54, 1.807) is 0 Å². The Hall–Kier alpha value is -2.41. The molecule has 1 unspecified atom stereocenters. The van der Waals surface area contributed by atoms with Crippen LogP contribution in [-0.4, -0.2) is 59.1 Å². The standard InChI is InChI=1S/C17H23NO2.C4H6O4/c1-13(12-18-8-3-2-4-9-18)17(19)15-5-6-16-14(11-15)7-10-20-16;5-3(6)1-2-4(7)8/h5-6,11,13H,2-4,7-10,12H2,1H3;1-2H2,(H,5,6)(H,7,8). The maximum Gasteiger partial charge on any atom is 0.303 e. The van der Waals surface area contributed by atoms with Crippen LogP contribution < -0.4 is 4.74 Å². The number of carbonyl (C=O) groups excluding carboxylic acids is 1. The normalized spacial score (nSPS) is 16.9. The molecule has 2 aliphatic rings. The first-order chi connectivity index (χ1) is 13.4. The zero-order valence-electron chi connectivity index (χ0n) is 16.4. The lowest BCUT2D eigenvalue weighted by Crippen LogP contribution is -2.35. The molecule has 1 aromatic carbocycles. The number of benzene rings is 1. The Bertz CT molecular complexity index is 682. The molecule has 1 aromatic rings. The van der Waals surface area contributed by atoms with Gasteiger partial charge in [-0.15, -0.1) is 0 Å². The molecule has 2 heterocycles. The summed E-state index contributed by atoms with van der Waals surface area (Å²) in [5.41, 5.74) is 2.03. The van der Waals surface area contributed by atoms with E-state index in [9.17, 15) is 14.4 Å². The highest BCUT2D eigenvalue weighted by Crippen LogP contribution is 2.27. The maximum atomic E-state index is 12.6. The van der Waals surface area contributed by atoms with Gasteiger partial charge in [-0.1, -0.05) is 13.3 Å². The van der Waals surface area contributed by atoms with Crippen LogP contribution in [0.5, 0.6) is 5.75 Å². The second kappa shape index (κ2) is 10.8. The van der Waals surface area contributed by atoms with E-state index in [1.807, 2.05) is 18.2 Å². The van der Waals surface area contributed by atoms with Crippen molar-refractivity contribution in [2.24, 2.45) is 5.92 Å². The SMILES string of the molecule is CC(CN1CCCCC1)C(=O)c1ccc2c(c1)CCO2.O=C(O)CCC(=O)O. The second-order valence-corrected chi connectivity index (χ2v) is 7.34. The molecule has 1 atom stereocenters. The van der Waals surface area contributed by atoms with Crippen molar-refractivity contribution in [1.82, 2.24) is 4.90 Å². The van der Waals surface area contributed by atoms with Crippen LogP contribution in [0.3, 0.4) is 0 Å². The van der Waals surface area contributed by atoms with Crippen molar-refractivity contribution in [1.29, 1.82) is 0 Å². The van der Waals surface area contributed by atoms with Gasteiger partial charge in [0, 0.05) is 24.4 Å². The van der Waals surface area contributed by atoms with Crippen molar-refractivity contribution in [3.05, 3.63) is 29.3 Å². The Morgan fingerprint density at radius 3 is 2.32 bits per heavy atom. The lowest BCUT2D eigenvalue weighted by atomic mass is 9.96. The van der Waals surface area contributed by atoms with Crippen LogP contribution in [0.2, 0.25) is 0 Å². The molecule has 7 nitrogen and oxygen atoms in total. The minimum atomic E-state index is -1.08. The van der Waals surface area contributed by atoms with E-state index >= 15 is 0 Å². The fourth-order valence-corrected chi connectivity index (χ4v) is 3.45. The number of fused-ring (bicyclic) bond motifs is 1. The Kier molecular flexibility index (Phi) is 8.44. The lowest BCUT2D eigenvalue weighted by Gasteiger charge is -2.28. The number of carbonyl (C=O) groups is 3. The molecule has 0 aromatic heterocycles. The van der Waals surface area contributed by atoms with Crippen LogP contribution >= 0.6 is 0 Å². The Balaban J connectivity index is 0.000000300. The molecule has 3 rings (SSSR count). The van der Waals surface area contributed by atoms with E-state index in [0.29, 0.717) is 0 Å². The first-order valence-corrected chi connectivity index (χ1v) is 9.82. The average molecular weight is 391 g/mol. The summed E-state index contributed by atoms with van der Waals surface area (Å²) in [6.07, 6.45) is 4.22. The lowest BCUT2D eigenvalue weighted by molar-refractivity contribution is -0.143. The van der Waals surface area contributed by atoms with Gasteiger partial charge >= 0.3 is 11.9 Å². The number of aliphatic carboxylic acids is 2. The summed E-state index contributed by atoms with van der Waals surface area (Å²) < 4.78 is 5.50. The third-order valence-electron chi connectivity index (χ3n) is 4.96. The molecule has 0 bridgehead atoms. The van der Waals surface area contributed by atoms with E-state index in [-0.39, 0.29) is 24.5 Å². The number of ether oxygens (including phenoxy) is 1. The first kappa shape index (κ1) is 21.9. The number of hydrogen-bond donors (Lipinski definition) is 2. The van der Waals surface area contributed by atoms with E-state index in [4.69, 9.17) is 14.9 Å². The van der Waals surface area contributed by atoms with Crippen molar-refractivity contribution < 1.29 is 29.3 Å². The van der Waals surface area contributed by atoms with Crippen LogP contribution in [0, 0.1) is 5.92 Å².